The zero-order valence-corrected chi connectivity index (χ0v) is 9.84. The molecule has 0 unspecified atom stereocenters. The second kappa shape index (κ2) is 5.41. The molecular weight excluding hydrogens is 271 g/mol. The molecular formula is C11H11F5N2O. The van der Waals surface area contributed by atoms with Gasteiger partial charge in [-0.25, -0.2) is 8.78 Å². The second-order valence-corrected chi connectivity index (χ2v) is 3.88. The smallest absolute Gasteiger partial charge is 0.398 e. The molecule has 0 aromatic heterocycles. The Morgan fingerprint density at radius 1 is 1.37 bits per heavy atom. The van der Waals surface area contributed by atoms with E-state index in [4.69, 9.17) is 5.73 Å². The van der Waals surface area contributed by atoms with Crippen molar-refractivity contribution in [2.24, 2.45) is 0 Å². The van der Waals surface area contributed by atoms with E-state index in [1.54, 1.807) is 0 Å². The number of benzene rings is 1. The third-order valence-electron chi connectivity index (χ3n) is 2.36. The van der Waals surface area contributed by atoms with Crippen molar-refractivity contribution in [1.82, 2.24) is 4.90 Å². The minimum atomic E-state index is -4.71. The highest BCUT2D eigenvalue weighted by molar-refractivity contribution is 5.94. The lowest BCUT2D eigenvalue weighted by molar-refractivity contribution is -0.136. The maximum absolute atomic E-state index is 12.6. The number of hydrogen-bond donors (Lipinski definition) is 1. The molecule has 0 radical (unpaired) electrons. The van der Waals surface area contributed by atoms with Crippen molar-refractivity contribution >= 4 is 11.6 Å². The standard InChI is InChI=1S/C11H11F5N2O/c1-18(5-9(12)13)10(19)6-2-3-8(17)7(4-6)11(14,15)16/h2-4,9H,5,17H2,1H3. The molecule has 1 aromatic rings. The third-order valence-corrected chi connectivity index (χ3v) is 2.36. The fourth-order valence-corrected chi connectivity index (χ4v) is 1.45. The van der Waals surface area contributed by atoms with Gasteiger partial charge in [0.1, 0.15) is 0 Å². The van der Waals surface area contributed by atoms with Crippen LogP contribution in [-0.4, -0.2) is 30.8 Å². The Morgan fingerprint density at radius 3 is 2.42 bits per heavy atom. The summed E-state index contributed by atoms with van der Waals surface area (Å²) >= 11 is 0. The highest BCUT2D eigenvalue weighted by Crippen LogP contribution is 2.34. The molecule has 19 heavy (non-hydrogen) atoms. The minimum absolute atomic E-state index is 0.343. The Balaban J connectivity index is 3.06. The molecule has 0 aliphatic rings. The van der Waals surface area contributed by atoms with E-state index in [1.807, 2.05) is 0 Å². The van der Waals surface area contributed by atoms with Crippen LogP contribution in [0.4, 0.5) is 27.6 Å². The van der Waals surface area contributed by atoms with Crippen LogP contribution in [0.3, 0.4) is 0 Å². The van der Waals surface area contributed by atoms with Crippen LogP contribution in [0, 0.1) is 0 Å². The summed E-state index contributed by atoms with van der Waals surface area (Å²) in [5, 5.41) is 0. The van der Waals surface area contributed by atoms with E-state index >= 15 is 0 Å². The Kier molecular flexibility index (Phi) is 4.33. The minimum Gasteiger partial charge on any atom is -0.398 e. The van der Waals surface area contributed by atoms with Crippen molar-refractivity contribution in [3.8, 4) is 0 Å². The van der Waals surface area contributed by atoms with Gasteiger partial charge in [-0.15, -0.1) is 0 Å². The normalized spacial score (nSPS) is 11.7. The first-order valence-electron chi connectivity index (χ1n) is 5.13. The zero-order chi connectivity index (χ0) is 14.8. The molecule has 0 bridgehead atoms. The van der Waals surface area contributed by atoms with E-state index in [0.29, 0.717) is 11.0 Å². The van der Waals surface area contributed by atoms with Crippen LogP contribution in [-0.2, 0) is 6.18 Å². The number of nitrogen functional groups attached to an aromatic ring is 1. The van der Waals surface area contributed by atoms with Crippen LogP contribution in [0.1, 0.15) is 15.9 Å². The first-order valence-corrected chi connectivity index (χ1v) is 5.13. The van der Waals surface area contributed by atoms with Gasteiger partial charge in [-0.3, -0.25) is 4.79 Å². The molecule has 3 nitrogen and oxygen atoms in total. The molecule has 1 amide bonds. The highest BCUT2D eigenvalue weighted by atomic mass is 19.4. The molecule has 2 N–H and O–H groups in total. The number of anilines is 1. The summed E-state index contributed by atoms with van der Waals surface area (Å²) in [6, 6.07) is 2.54. The fraction of sp³-hybridized carbons (Fsp3) is 0.364. The molecule has 1 rings (SSSR count). The Labute approximate surface area is 105 Å². The van der Waals surface area contributed by atoms with Crippen molar-refractivity contribution < 1.29 is 26.7 Å². The highest BCUT2D eigenvalue weighted by Gasteiger charge is 2.33. The van der Waals surface area contributed by atoms with Crippen LogP contribution in [0.5, 0.6) is 0 Å². The van der Waals surface area contributed by atoms with Gasteiger partial charge in [0.2, 0.25) is 0 Å². The molecule has 0 saturated heterocycles. The number of carbonyl (C=O) groups excluding carboxylic acids is 1. The van der Waals surface area contributed by atoms with Gasteiger partial charge in [-0.05, 0) is 18.2 Å². The number of rotatable bonds is 3. The van der Waals surface area contributed by atoms with Gasteiger partial charge in [0.25, 0.3) is 12.3 Å². The maximum Gasteiger partial charge on any atom is 0.418 e. The first-order chi connectivity index (χ1) is 8.62. The summed E-state index contributed by atoms with van der Waals surface area (Å²) in [4.78, 5) is 12.3. The van der Waals surface area contributed by atoms with Crippen LogP contribution in [0.2, 0.25) is 0 Å². The van der Waals surface area contributed by atoms with Crippen LogP contribution < -0.4 is 5.73 Å². The van der Waals surface area contributed by atoms with Crippen molar-refractivity contribution in [2.45, 2.75) is 12.6 Å². The Morgan fingerprint density at radius 2 is 1.95 bits per heavy atom. The lowest BCUT2D eigenvalue weighted by Gasteiger charge is -2.18. The average Bonchev–Trinajstić information content (AvgIpc) is 2.26. The van der Waals surface area contributed by atoms with E-state index in [-0.39, 0.29) is 5.56 Å². The lowest BCUT2D eigenvalue weighted by atomic mass is 10.1. The third kappa shape index (κ3) is 3.80. The summed E-state index contributed by atoms with van der Waals surface area (Å²) in [7, 11) is 1.08. The molecule has 0 aliphatic carbocycles. The number of halogens is 5. The summed E-state index contributed by atoms with van der Waals surface area (Å²) < 4.78 is 61.9. The summed E-state index contributed by atoms with van der Waals surface area (Å²) in [6.45, 7) is -0.857. The van der Waals surface area contributed by atoms with E-state index in [0.717, 1.165) is 19.2 Å². The molecule has 0 fully saturated rings. The summed E-state index contributed by atoms with van der Waals surface area (Å²) in [6.07, 6.45) is -7.47. The molecule has 0 aliphatic heterocycles. The van der Waals surface area contributed by atoms with E-state index in [9.17, 15) is 26.7 Å². The van der Waals surface area contributed by atoms with E-state index in [2.05, 4.69) is 0 Å². The molecule has 106 valence electrons. The van der Waals surface area contributed by atoms with E-state index < -0.39 is 36.3 Å². The SMILES string of the molecule is CN(CC(F)F)C(=O)c1ccc(N)c(C(F)(F)F)c1. The number of carbonyl (C=O) groups is 1. The molecule has 1 aromatic carbocycles. The summed E-state index contributed by atoms with van der Waals surface area (Å²) in [5.74, 6) is -0.925. The van der Waals surface area contributed by atoms with Gasteiger partial charge < -0.3 is 10.6 Å². The molecule has 0 heterocycles. The van der Waals surface area contributed by atoms with Crippen molar-refractivity contribution in [1.29, 1.82) is 0 Å². The topological polar surface area (TPSA) is 46.3 Å². The van der Waals surface area contributed by atoms with Gasteiger partial charge in [-0.1, -0.05) is 0 Å². The van der Waals surface area contributed by atoms with Gasteiger partial charge in [0.05, 0.1) is 12.1 Å². The maximum atomic E-state index is 12.6. The number of alkyl halides is 5. The van der Waals surface area contributed by atoms with Crippen LogP contribution in [0.25, 0.3) is 0 Å². The monoisotopic (exact) mass is 282 g/mol. The largest absolute Gasteiger partial charge is 0.418 e. The van der Waals surface area contributed by atoms with Crippen LogP contribution >= 0.6 is 0 Å². The Hall–Kier alpha value is -1.86. The predicted octanol–water partition coefficient (Wildman–Crippen LogP) is 2.62. The average molecular weight is 282 g/mol. The fourth-order valence-electron chi connectivity index (χ4n) is 1.45. The Bertz CT molecular complexity index is 473. The molecule has 8 heteroatoms. The second-order valence-electron chi connectivity index (χ2n) is 3.88. The van der Waals surface area contributed by atoms with E-state index in [1.165, 1.54) is 0 Å². The van der Waals surface area contributed by atoms with Gasteiger partial charge in [0.15, 0.2) is 0 Å². The number of nitrogens with zero attached hydrogens (tertiary/aromatic N) is 1. The van der Waals surface area contributed by atoms with Crippen LogP contribution in [0.15, 0.2) is 18.2 Å². The van der Waals surface area contributed by atoms with Gasteiger partial charge in [-0.2, -0.15) is 13.2 Å². The zero-order valence-electron chi connectivity index (χ0n) is 9.84. The molecule has 0 saturated carbocycles. The van der Waals surface area contributed by atoms with Crippen molar-refractivity contribution in [3.63, 3.8) is 0 Å². The van der Waals surface area contributed by atoms with Gasteiger partial charge in [0, 0.05) is 18.3 Å². The summed E-state index contributed by atoms with van der Waals surface area (Å²) in [5.41, 5.74) is 3.13. The number of amides is 1. The molecule has 0 atom stereocenters. The first kappa shape index (κ1) is 15.2. The molecule has 0 spiro atoms. The van der Waals surface area contributed by atoms with Crippen molar-refractivity contribution in [3.05, 3.63) is 29.3 Å². The van der Waals surface area contributed by atoms with Gasteiger partial charge >= 0.3 is 6.18 Å². The number of nitrogens with two attached hydrogens (primary N) is 1. The quantitative estimate of drug-likeness (QED) is 0.684. The predicted molar refractivity (Wildman–Crippen MR) is 58.8 cm³/mol. The number of hydrogen-bond acceptors (Lipinski definition) is 2. The van der Waals surface area contributed by atoms with Crippen molar-refractivity contribution in [2.75, 3.05) is 19.3 Å². The lowest BCUT2D eigenvalue weighted by Crippen LogP contribution is -2.31.